The third-order valence-corrected chi connectivity index (χ3v) is 5.16. The zero-order valence-electron chi connectivity index (χ0n) is 14.5. The first-order valence-electron chi connectivity index (χ1n) is 8.64. The molecule has 2 aromatic carbocycles. The Morgan fingerprint density at radius 2 is 2.00 bits per heavy atom. The summed E-state index contributed by atoms with van der Waals surface area (Å²) < 4.78 is 5.28. The van der Waals surface area contributed by atoms with Crippen LogP contribution >= 0.6 is 0 Å². The van der Waals surface area contributed by atoms with Crippen molar-refractivity contribution in [3.63, 3.8) is 0 Å². The van der Waals surface area contributed by atoms with Crippen molar-refractivity contribution in [3.05, 3.63) is 65.7 Å². The van der Waals surface area contributed by atoms with Crippen molar-refractivity contribution in [1.29, 1.82) is 0 Å². The molecule has 2 aromatic rings. The monoisotopic (exact) mass is 334 g/mol. The zero-order chi connectivity index (χ0) is 17.4. The van der Waals surface area contributed by atoms with Gasteiger partial charge in [-0.1, -0.05) is 24.3 Å². The van der Waals surface area contributed by atoms with Gasteiger partial charge in [0.05, 0.1) is 13.2 Å². The topological polar surface area (TPSA) is 50.4 Å². The van der Waals surface area contributed by atoms with Crippen LogP contribution in [0.2, 0.25) is 0 Å². The number of nitrogens with one attached hydrogen (secondary N) is 2. The Morgan fingerprint density at radius 1 is 1.20 bits per heavy atom. The third-order valence-electron chi connectivity index (χ3n) is 5.16. The lowest BCUT2D eigenvalue weighted by Crippen LogP contribution is -2.29. The number of methoxy groups -OCH3 is 1. The van der Waals surface area contributed by atoms with Crippen molar-refractivity contribution < 1.29 is 9.53 Å². The van der Waals surface area contributed by atoms with Crippen LogP contribution in [0, 0.1) is 5.92 Å². The summed E-state index contributed by atoms with van der Waals surface area (Å²) in [4.78, 5) is 11.3. The summed E-state index contributed by atoms with van der Waals surface area (Å²) in [6.45, 7) is 1.54. The van der Waals surface area contributed by atoms with Crippen molar-refractivity contribution >= 4 is 17.3 Å². The van der Waals surface area contributed by atoms with E-state index >= 15 is 0 Å². The van der Waals surface area contributed by atoms with Crippen LogP contribution in [0.15, 0.2) is 54.6 Å². The van der Waals surface area contributed by atoms with E-state index in [-0.39, 0.29) is 11.9 Å². The van der Waals surface area contributed by atoms with Gasteiger partial charge in [0, 0.05) is 24.2 Å². The van der Waals surface area contributed by atoms with E-state index in [9.17, 15) is 4.79 Å². The molecule has 1 heterocycles. The van der Waals surface area contributed by atoms with Crippen LogP contribution in [0.4, 0.5) is 11.4 Å². The van der Waals surface area contributed by atoms with Crippen LogP contribution in [-0.4, -0.2) is 13.0 Å². The average molecular weight is 334 g/mol. The molecule has 25 heavy (non-hydrogen) atoms. The van der Waals surface area contributed by atoms with E-state index in [0.29, 0.717) is 11.8 Å². The number of amides is 1. The highest BCUT2D eigenvalue weighted by Gasteiger charge is 2.37. The van der Waals surface area contributed by atoms with Crippen LogP contribution in [0.1, 0.15) is 36.4 Å². The predicted octanol–water partition coefficient (Wildman–Crippen LogP) is 4.48. The van der Waals surface area contributed by atoms with Gasteiger partial charge in [0.15, 0.2) is 0 Å². The number of anilines is 2. The molecule has 0 bridgehead atoms. The predicted molar refractivity (Wildman–Crippen MR) is 100 cm³/mol. The maximum absolute atomic E-state index is 11.3. The molecule has 4 rings (SSSR count). The van der Waals surface area contributed by atoms with E-state index < -0.39 is 0 Å². The second-order valence-corrected chi connectivity index (χ2v) is 6.73. The average Bonchev–Trinajstić information content (AvgIpc) is 3.11. The van der Waals surface area contributed by atoms with Gasteiger partial charge >= 0.3 is 0 Å². The minimum Gasteiger partial charge on any atom is -0.497 e. The summed E-state index contributed by atoms with van der Waals surface area (Å²) >= 11 is 0. The fraction of sp³-hybridized carbons (Fsp3) is 0.286. The molecule has 0 fully saturated rings. The Balaban J connectivity index is 1.69. The minimum atomic E-state index is -0.0432. The number of rotatable bonds is 3. The maximum Gasteiger partial charge on any atom is 0.221 e. The lowest BCUT2D eigenvalue weighted by molar-refractivity contribution is -0.114. The van der Waals surface area contributed by atoms with Gasteiger partial charge in [-0.05, 0) is 53.8 Å². The summed E-state index contributed by atoms with van der Waals surface area (Å²) in [5.74, 6) is 1.69. The van der Waals surface area contributed by atoms with Gasteiger partial charge in [0.2, 0.25) is 5.91 Å². The first-order valence-corrected chi connectivity index (χ1v) is 8.64. The molecule has 1 amide bonds. The van der Waals surface area contributed by atoms with Crippen molar-refractivity contribution in [1.82, 2.24) is 0 Å². The minimum absolute atomic E-state index is 0.0432. The Kier molecular flexibility index (Phi) is 3.96. The Morgan fingerprint density at radius 3 is 2.72 bits per heavy atom. The van der Waals surface area contributed by atoms with Gasteiger partial charge in [-0.3, -0.25) is 4.79 Å². The smallest absolute Gasteiger partial charge is 0.221 e. The molecule has 1 aliphatic carbocycles. The summed E-state index contributed by atoms with van der Waals surface area (Å²) in [5, 5.41) is 6.59. The fourth-order valence-corrected chi connectivity index (χ4v) is 4.02. The second-order valence-electron chi connectivity index (χ2n) is 6.73. The van der Waals surface area contributed by atoms with Gasteiger partial charge in [-0.25, -0.2) is 0 Å². The lowest BCUT2D eigenvalue weighted by Gasteiger charge is -2.37. The molecule has 4 heteroatoms. The van der Waals surface area contributed by atoms with Crippen LogP contribution in [0.5, 0.6) is 5.75 Å². The zero-order valence-corrected chi connectivity index (χ0v) is 14.5. The highest BCUT2D eigenvalue weighted by molar-refractivity contribution is 5.89. The number of allylic oxidation sites excluding steroid dienone is 2. The quantitative estimate of drug-likeness (QED) is 0.814. The van der Waals surface area contributed by atoms with Gasteiger partial charge < -0.3 is 15.4 Å². The highest BCUT2D eigenvalue weighted by Crippen LogP contribution is 2.50. The summed E-state index contributed by atoms with van der Waals surface area (Å²) in [6.07, 6.45) is 5.63. The lowest BCUT2D eigenvalue weighted by atomic mass is 9.77. The van der Waals surface area contributed by atoms with Crippen LogP contribution < -0.4 is 15.4 Å². The number of carbonyl (C=O) groups is 1. The van der Waals surface area contributed by atoms with Gasteiger partial charge in [-0.2, -0.15) is 0 Å². The molecular weight excluding hydrogens is 312 g/mol. The van der Waals surface area contributed by atoms with Gasteiger partial charge in [0.25, 0.3) is 0 Å². The molecule has 2 N–H and O–H groups in total. The van der Waals surface area contributed by atoms with E-state index in [1.165, 1.54) is 18.1 Å². The van der Waals surface area contributed by atoms with E-state index in [4.69, 9.17) is 4.74 Å². The van der Waals surface area contributed by atoms with Crippen molar-refractivity contribution in [2.24, 2.45) is 5.92 Å². The van der Waals surface area contributed by atoms with E-state index in [2.05, 4.69) is 47.1 Å². The van der Waals surface area contributed by atoms with E-state index in [1.807, 2.05) is 18.2 Å². The molecule has 0 spiro atoms. The number of fused-ring (bicyclic) bond motifs is 3. The van der Waals surface area contributed by atoms with Gasteiger partial charge in [-0.15, -0.1) is 0 Å². The Bertz CT molecular complexity index is 826. The van der Waals surface area contributed by atoms with Crippen molar-refractivity contribution in [2.45, 2.75) is 25.3 Å². The first kappa shape index (κ1) is 15.8. The summed E-state index contributed by atoms with van der Waals surface area (Å²) in [6, 6.07) is 14.7. The molecular formula is C21H22N2O2. The molecule has 0 saturated heterocycles. The molecule has 0 aromatic heterocycles. The summed E-state index contributed by atoms with van der Waals surface area (Å²) in [5.41, 5.74) is 4.53. The van der Waals surface area contributed by atoms with E-state index in [0.717, 1.165) is 23.5 Å². The number of benzene rings is 2. The van der Waals surface area contributed by atoms with Crippen LogP contribution in [0.3, 0.4) is 0 Å². The molecule has 0 saturated carbocycles. The van der Waals surface area contributed by atoms with E-state index in [1.54, 1.807) is 7.11 Å². The fourth-order valence-electron chi connectivity index (χ4n) is 4.02. The Labute approximate surface area is 147 Å². The molecule has 0 radical (unpaired) electrons. The largest absolute Gasteiger partial charge is 0.497 e. The van der Waals surface area contributed by atoms with Crippen molar-refractivity contribution in [3.8, 4) is 5.75 Å². The molecule has 4 nitrogen and oxygen atoms in total. The molecule has 3 atom stereocenters. The maximum atomic E-state index is 11.3. The van der Waals surface area contributed by atoms with Crippen LogP contribution in [0.25, 0.3) is 0 Å². The molecule has 2 aliphatic rings. The number of carbonyl (C=O) groups excluding carboxylic acids is 1. The molecule has 1 aliphatic heterocycles. The Hall–Kier alpha value is -2.75. The number of ether oxygens (including phenoxy) is 1. The SMILES string of the molecule is COc1ccc(C2Nc3ccc(NC(C)=O)cc3C3C=CCC32)cc1. The van der Waals surface area contributed by atoms with Gasteiger partial charge in [0.1, 0.15) is 5.75 Å². The van der Waals surface area contributed by atoms with Crippen molar-refractivity contribution in [2.75, 3.05) is 17.7 Å². The third kappa shape index (κ3) is 2.88. The standard InChI is InChI=1S/C21H22N2O2/c1-13(24)22-15-8-11-20-19(12-15)17-4-3-5-18(17)21(23-20)14-6-9-16(25-2)10-7-14/h3-4,6-12,17-18,21,23H,5H2,1-2H3,(H,22,24). The number of hydrogen-bond acceptors (Lipinski definition) is 3. The van der Waals surface area contributed by atoms with Crippen LogP contribution in [-0.2, 0) is 4.79 Å². The number of hydrogen-bond donors (Lipinski definition) is 2. The normalized spacial score (nSPS) is 23.4. The highest BCUT2D eigenvalue weighted by atomic mass is 16.5. The molecule has 3 unspecified atom stereocenters. The summed E-state index contributed by atoms with van der Waals surface area (Å²) in [7, 11) is 1.69. The molecule has 128 valence electrons. The second kappa shape index (κ2) is 6.28. The first-order chi connectivity index (χ1) is 12.2.